The molecule has 2 unspecified atom stereocenters. The molecule has 0 aliphatic carbocycles. The van der Waals surface area contributed by atoms with Crippen molar-refractivity contribution in [3.63, 3.8) is 0 Å². The number of carboxylic acids is 1. The summed E-state index contributed by atoms with van der Waals surface area (Å²) in [6, 6.07) is 9.63. The summed E-state index contributed by atoms with van der Waals surface area (Å²) in [5, 5.41) is 9.08. The zero-order valence-electron chi connectivity index (χ0n) is 10.4. The first kappa shape index (κ1) is 12.4. The van der Waals surface area contributed by atoms with E-state index < -0.39 is 11.9 Å². The number of carboxylic acid groups (broad SMARTS) is 1. The highest BCUT2D eigenvalue weighted by molar-refractivity contribution is 5.70. The Hall–Kier alpha value is -2.10. The molecule has 0 aliphatic rings. The summed E-state index contributed by atoms with van der Waals surface area (Å²) in [6.07, 6.45) is 3.53. The summed E-state index contributed by atoms with van der Waals surface area (Å²) in [5.41, 5.74) is 0.993. The van der Waals surface area contributed by atoms with Gasteiger partial charge in [0.15, 0.2) is 0 Å². The van der Waals surface area contributed by atoms with E-state index in [9.17, 15) is 4.79 Å². The summed E-state index contributed by atoms with van der Waals surface area (Å²) in [4.78, 5) is 15.4. The van der Waals surface area contributed by atoms with Gasteiger partial charge in [-0.1, -0.05) is 30.3 Å². The van der Waals surface area contributed by atoms with E-state index in [1.807, 2.05) is 48.0 Å². The fourth-order valence-electron chi connectivity index (χ4n) is 1.90. The Labute approximate surface area is 106 Å². The quantitative estimate of drug-likeness (QED) is 0.899. The molecule has 0 saturated carbocycles. The van der Waals surface area contributed by atoms with Gasteiger partial charge >= 0.3 is 5.97 Å². The minimum atomic E-state index is -0.796. The van der Waals surface area contributed by atoms with Crippen LogP contribution in [0.25, 0.3) is 11.4 Å². The van der Waals surface area contributed by atoms with Crippen LogP contribution in [-0.4, -0.2) is 20.6 Å². The summed E-state index contributed by atoms with van der Waals surface area (Å²) >= 11 is 0. The van der Waals surface area contributed by atoms with Crippen molar-refractivity contribution >= 4 is 5.97 Å². The van der Waals surface area contributed by atoms with Crippen LogP contribution in [0.15, 0.2) is 42.7 Å². The lowest BCUT2D eigenvalue weighted by Gasteiger charge is -2.20. The second-order valence-corrected chi connectivity index (χ2v) is 4.39. The topological polar surface area (TPSA) is 55.1 Å². The molecule has 1 heterocycles. The first-order valence-electron chi connectivity index (χ1n) is 5.92. The summed E-state index contributed by atoms with van der Waals surface area (Å²) in [5.74, 6) is -0.451. The van der Waals surface area contributed by atoms with Crippen molar-refractivity contribution in [3.8, 4) is 11.4 Å². The van der Waals surface area contributed by atoms with Crippen molar-refractivity contribution < 1.29 is 9.90 Å². The van der Waals surface area contributed by atoms with Gasteiger partial charge in [0.2, 0.25) is 0 Å². The van der Waals surface area contributed by atoms with E-state index in [4.69, 9.17) is 5.11 Å². The highest BCUT2D eigenvalue weighted by Gasteiger charge is 2.22. The minimum Gasteiger partial charge on any atom is -0.481 e. The molecule has 0 fully saturated rings. The van der Waals surface area contributed by atoms with Gasteiger partial charge in [-0.25, -0.2) is 4.98 Å². The van der Waals surface area contributed by atoms with Crippen LogP contribution in [-0.2, 0) is 4.79 Å². The molecule has 2 rings (SSSR count). The average molecular weight is 244 g/mol. The second-order valence-electron chi connectivity index (χ2n) is 4.39. The molecule has 2 aromatic rings. The molecule has 4 nitrogen and oxygen atoms in total. The van der Waals surface area contributed by atoms with E-state index in [1.165, 1.54) is 0 Å². The third-order valence-corrected chi connectivity index (χ3v) is 3.25. The van der Waals surface area contributed by atoms with Crippen molar-refractivity contribution in [1.29, 1.82) is 0 Å². The van der Waals surface area contributed by atoms with Crippen molar-refractivity contribution in [1.82, 2.24) is 9.55 Å². The number of hydrogen-bond donors (Lipinski definition) is 1. The van der Waals surface area contributed by atoms with E-state index in [-0.39, 0.29) is 6.04 Å². The van der Waals surface area contributed by atoms with Crippen LogP contribution in [0.4, 0.5) is 0 Å². The number of benzene rings is 1. The summed E-state index contributed by atoms with van der Waals surface area (Å²) in [7, 11) is 0. The molecule has 4 heteroatoms. The molecule has 0 bridgehead atoms. The number of nitrogens with zero attached hydrogens (tertiary/aromatic N) is 2. The van der Waals surface area contributed by atoms with Gasteiger partial charge in [0.05, 0.1) is 5.92 Å². The fourth-order valence-corrected chi connectivity index (χ4v) is 1.90. The molecule has 0 saturated heterocycles. The van der Waals surface area contributed by atoms with Gasteiger partial charge < -0.3 is 9.67 Å². The molecule has 1 aromatic carbocycles. The molecule has 0 spiro atoms. The SMILES string of the molecule is CC(C(=O)O)C(C)n1ccnc1-c1ccccc1. The van der Waals surface area contributed by atoms with E-state index >= 15 is 0 Å². The van der Waals surface area contributed by atoms with Gasteiger partial charge in [0, 0.05) is 24.0 Å². The van der Waals surface area contributed by atoms with Gasteiger partial charge in [0.25, 0.3) is 0 Å². The van der Waals surface area contributed by atoms with E-state index in [0.717, 1.165) is 11.4 Å². The number of hydrogen-bond acceptors (Lipinski definition) is 2. The molecule has 1 N–H and O–H groups in total. The lowest BCUT2D eigenvalue weighted by Crippen LogP contribution is -2.21. The molecular weight excluding hydrogens is 228 g/mol. The number of aromatic nitrogens is 2. The lowest BCUT2D eigenvalue weighted by atomic mass is 10.0. The number of carbonyl (C=O) groups is 1. The van der Waals surface area contributed by atoms with Gasteiger partial charge in [-0.15, -0.1) is 0 Å². The highest BCUT2D eigenvalue weighted by Crippen LogP contribution is 2.25. The number of imidazole rings is 1. The molecule has 0 radical (unpaired) electrons. The second kappa shape index (κ2) is 5.04. The van der Waals surface area contributed by atoms with Crippen LogP contribution in [0.1, 0.15) is 19.9 Å². The Balaban J connectivity index is 2.37. The Morgan fingerprint density at radius 2 is 1.94 bits per heavy atom. The Kier molecular flexibility index (Phi) is 3.46. The summed E-state index contributed by atoms with van der Waals surface area (Å²) in [6.45, 7) is 3.61. The van der Waals surface area contributed by atoms with E-state index in [1.54, 1.807) is 13.1 Å². The van der Waals surface area contributed by atoms with Crippen molar-refractivity contribution in [3.05, 3.63) is 42.7 Å². The third kappa shape index (κ3) is 2.27. The Bertz CT molecular complexity index is 534. The number of aliphatic carboxylic acids is 1. The lowest BCUT2D eigenvalue weighted by molar-refractivity contribution is -0.142. The van der Waals surface area contributed by atoms with Gasteiger partial charge in [-0.3, -0.25) is 4.79 Å². The van der Waals surface area contributed by atoms with Crippen molar-refractivity contribution in [2.24, 2.45) is 5.92 Å². The van der Waals surface area contributed by atoms with Crippen LogP contribution < -0.4 is 0 Å². The van der Waals surface area contributed by atoms with Crippen LogP contribution >= 0.6 is 0 Å². The highest BCUT2D eigenvalue weighted by atomic mass is 16.4. The largest absolute Gasteiger partial charge is 0.481 e. The van der Waals surface area contributed by atoms with Crippen LogP contribution in [0.2, 0.25) is 0 Å². The molecule has 18 heavy (non-hydrogen) atoms. The van der Waals surface area contributed by atoms with Gasteiger partial charge in [-0.05, 0) is 13.8 Å². The maximum absolute atomic E-state index is 11.1. The first-order chi connectivity index (χ1) is 8.61. The maximum atomic E-state index is 11.1. The number of rotatable bonds is 4. The van der Waals surface area contributed by atoms with E-state index in [0.29, 0.717) is 0 Å². The van der Waals surface area contributed by atoms with Gasteiger partial charge in [-0.2, -0.15) is 0 Å². The average Bonchev–Trinajstić information content (AvgIpc) is 2.87. The molecular formula is C14H16N2O2. The third-order valence-electron chi connectivity index (χ3n) is 3.25. The van der Waals surface area contributed by atoms with E-state index in [2.05, 4.69) is 4.98 Å². The van der Waals surface area contributed by atoms with Crippen LogP contribution in [0.3, 0.4) is 0 Å². The van der Waals surface area contributed by atoms with Crippen LogP contribution in [0, 0.1) is 5.92 Å². The Morgan fingerprint density at radius 3 is 2.56 bits per heavy atom. The van der Waals surface area contributed by atoms with Crippen molar-refractivity contribution in [2.45, 2.75) is 19.9 Å². The smallest absolute Gasteiger partial charge is 0.308 e. The normalized spacial score (nSPS) is 14.1. The predicted molar refractivity (Wildman–Crippen MR) is 69.2 cm³/mol. The predicted octanol–water partition coefficient (Wildman–Crippen LogP) is 2.83. The molecule has 0 aliphatic heterocycles. The molecule has 0 amide bonds. The molecule has 1 aromatic heterocycles. The monoisotopic (exact) mass is 244 g/mol. The minimum absolute atomic E-state index is 0.139. The zero-order valence-corrected chi connectivity index (χ0v) is 10.4. The first-order valence-corrected chi connectivity index (χ1v) is 5.92. The summed E-state index contributed by atoms with van der Waals surface area (Å²) < 4.78 is 1.91. The standard InChI is InChI=1S/C14H16N2O2/c1-10(14(17)18)11(2)16-9-8-15-13(16)12-6-4-3-5-7-12/h3-11H,1-2H3,(H,17,18). The maximum Gasteiger partial charge on any atom is 0.308 e. The van der Waals surface area contributed by atoms with Gasteiger partial charge in [0.1, 0.15) is 5.82 Å². The molecule has 2 atom stereocenters. The molecule has 94 valence electrons. The Morgan fingerprint density at radius 1 is 1.28 bits per heavy atom. The van der Waals surface area contributed by atoms with Crippen molar-refractivity contribution in [2.75, 3.05) is 0 Å². The van der Waals surface area contributed by atoms with Crippen LogP contribution in [0.5, 0.6) is 0 Å². The fraction of sp³-hybridized carbons (Fsp3) is 0.286. The zero-order chi connectivity index (χ0) is 13.1.